The molecule has 0 nitrogen and oxygen atoms in total. The van der Waals surface area contributed by atoms with Gasteiger partial charge >= 0.3 is 35.2 Å². The van der Waals surface area contributed by atoms with Crippen LogP contribution >= 0.6 is 19.5 Å². The fourth-order valence-electron chi connectivity index (χ4n) is 2.45. The van der Waals surface area contributed by atoms with Crippen molar-refractivity contribution in [2.45, 2.75) is 51.9 Å². The summed E-state index contributed by atoms with van der Waals surface area (Å²) in [6, 6.07) is 3.89. The van der Waals surface area contributed by atoms with Crippen molar-refractivity contribution in [1.82, 2.24) is 0 Å². The average molecular weight is 414 g/mol. The van der Waals surface area contributed by atoms with Crippen LogP contribution in [-0.2, 0) is 19.2 Å². The molecule has 0 aliphatic heterocycles. The Labute approximate surface area is 138 Å². The number of halogens is 3. The van der Waals surface area contributed by atoms with E-state index in [2.05, 4.69) is 60.7 Å². The van der Waals surface area contributed by atoms with Gasteiger partial charge in [0.25, 0.3) is 0 Å². The molecule has 0 saturated heterocycles. The van der Waals surface area contributed by atoms with Gasteiger partial charge in [-0.2, -0.15) is 0 Å². The Morgan fingerprint density at radius 3 is 1.50 bits per heavy atom. The maximum atomic E-state index is 13.3. The minimum absolute atomic E-state index is 0.0216. The standard InChI is InChI=1S/C14H21F2P.CH2Cl.Pd/c1-13(2,3)17(14(4,5)6)12-8-10(15)7-11(16)9-12;1-2;/h7-9H,1-6H3;1H2;. The van der Waals surface area contributed by atoms with E-state index >= 15 is 0 Å². The first kappa shape index (κ1) is 20.5. The van der Waals surface area contributed by atoms with Crippen molar-refractivity contribution in [2.24, 2.45) is 0 Å². The summed E-state index contributed by atoms with van der Waals surface area (Å²) in [6.45, 7) is 12.8. The van der Waals surface area contributed by atoms with Crippen LogP contribution in [0.4, 0.5) is 8.78 Å². The second-order valence-electron chi connectivity index (χ2n) is 6.39. The number of hydrogen-bond donors (Lipinski definition) is 0. The molecule has 0 N–H and O–H groups in total. The van der Waals surface area contributed by atoms with Gasteiger partial charge in [-0.05, 0) is 27.7 Å². The SMILES string of the molecule is CC(C)(C)P(c1cc(F)cc(F)c1)C(C)(C)C.Cl[CH2][Pd]. The third-order valence-electron chi connectivity index (χ3n) is 2.45. The van der Waals surface area contributed by atoms with Crippen LogP contribution in [0.15, 0.2) is 18.2 Å². The van der Waals surface area contributed by atoms with E-state index in [9.17, 15) is 8.78 Å². The van der Waals surface area contributed by atoms with Gasteiger partial charge in [0, 0.05) is 6.07 Å². The molecule has 0 aliphatic carbocycles. The molecular weight excluding hydrogens is 391 g/mol. The summed E-state index contributed by atoms with van der Waals surface area (Å²) in [5.74, 6) is -0.970. The van der Waals surface area contributed by atoms with Crippen LogP contribution in [-0.4, -0.2) is 14.7 Å². The summed E-state index contributed by atoms with van der Waals surface area (Å²) in [4.78, 5) is 0. The molecule has 119 valence electrons. The van der Waals surface area contributed by atoms with Crippen LogP contribution in [0.25, 0.3) is 0 Å². The first-order chi connectivity index (χ1) is 8.93. The van der Waals surface area contributed by atoms with Gasteiger partial charge in [0.05, 0.1) is 0 Å². The normalized spacial score (nSPS) is 12.2. The second-order valence-corrected chi connectivity index (χ2v) is 11.7. The third kappa shape index (κ3) is 6.95. The second kappa shape index (κ2) is 8.19. The van der Waals surface area contributed by atoms with Crippen molar-refractivity contribution in [2.75, 3.05) is 4.35 Å². The van der Waals surface area contributed by atoms with Crippen molar-refractivity contribution in [3.05, 3.63) is 29.8 Å². The Hall–Kier alpha value is 0.462. The fraction of sp³-hybridized carbons (Fsp3) is 0.600. The zero-order chi connectivity index (χ0) is 16.1. The molecule has 0 radical (unpaired) electrons. The summed E-state index contributed by atoms with van der Waals surface area (Å²) in [5.41, 5.74) is 0. The number of benzene rings is 1. The van der Waals surface area contributed by atoms with Gasteiger partial charge in [-0.1, -0.05) is 49.5 Å². The zero-order valence-electron chi connectivity index (χ0n) is 12.8. The van der Waals surface area contributed by atoms with E-state index in [1.165, 1.54) is 12.1 Å². The van der Waals surface area contributed by atoms with E-state index in [1.807, 2.05) is 0 Å². The Kier molecular flexibility index (Phi) is 8.38. The molecule has 5 heteroatoms. The zero-order valence-corrected chi connectivity index (χ0v) is 16.0. The molecule has 0 spiro atoms. The summed E-state index contributed by atoms with van der Waals surface area (Å²) in [7, 11) is -0.650. The third-order valence-corrected chi connectivity index (χ3v) is 5.91. The van der Waals surface area contributed by atoms with E-state index in [4.69, 9.17) is 11.6 Å². The van der Waals surface area contributed by atoms with E-state index in [-0.39, 0.29) is 10.3 Å². The van der Waals surface area contributed by atoms with Gasteiger partial charge in [-0.15, -0.1) is 0 Å². The van der Waals surface area contributed by atoms with Crippen LogP contribution in [0.1, 0.15) is 41.5 Å². The summed E-state index contributed by atoms with van der Waals surface area (Å²) in [6.07, 6.45) is 0. The molecule has 0 fully saturated rings. The molecule has 0 unspecified atom stereocenters. The molecule has 0 amide bonds. The molecule has 0 aromatic heterocycles. The molecule has 0 aliphatic rings. The predicted octanol–water partition coefficient (Wildman–Crippen LogP) is 5.40. The Morgan fingerprint density at radius 1 is 0.950 bits per heavy atom. The molecule has 0 atom stereocenters. The van der Waals surface area contributed by atoms with Crippen LogP contribution in [0, 0.1) is 11.6 Å². The van der Waals surface area contributed by atoms with Gasteiger partial charge in [-0.3, -0.25) is 0 Å². The minimum atomic E-state index is -0.650. The first-order valence-corrected chi connectivity index (χ1v) is 9.25. The molecule has 1 aromatic rings. The number of hydrogen-bond acceptors (Lipinski definition) is 0. The van der Waals surface area contributed by atoms with Gasteiger partial charge in [-0.25, -0.2) is 8.78 Å². The summed E-state index contributed by atoms with van der Waals surface area (Å²) in [5, 5.41) is 0.847. The Morgan fingerprint density at radius 2 is 1.25 bits per heavy atom. The quantitative estimate of drug-likeness (QED) is 0.328. The van der Waals surface area contributed by atoms with E-state index in [0.29, 0.717) is 4.35 Å². The van der Waals surface area contributed by atoms with Crippen LogP contribution in [0.2, 0.25) is 0 Å². The molecule has 0 bridgehead atoms. The van der Waals surface area contributed by atoms with Gasteiger partial charge < -0.3 is 0 Å². The van der Waals surface area contributed by atoms with Gasteiger partial charge in [0.2, 0.25) is 0 Å². The van der Waals surface area contributed by atoms with Crippen molar-refractivity contribution in [3.63, 3.8) is 0 Å². The molecule has 1 aromatic carbocycles. The van der Waals surface area contributed by atoms with Gasteiger partial charge in [0.1, 0.15) is 11.6 Å². The molecule has 0 saturated carbocycles. The van der Waals surface area contributed by atoms with E-state index < -0.39 is 19.6 Å². The van der Waals surface area contributed by atoms with Crippen LogP contribution in [0.3, 0.4) is 0 Å². The summed E-state index contributed by atoms with van der Waals surface area (Å²) < 4.78 is 27.2. The summed E-state index contributed by atoms with van der Waals surface area (Å²) >= 11 is 7.64. The fourth-order valence-corrected chi connectivity index (χ4v) is 6.52. The molecule has 20 heavy (non-hydrogen) atoms. The predicted molar refractivity (Wildman–Crippen MR) is 83.1 cm³/mol. The van der Waals surface area contributed by atoms with Crippen LogP contribution < -0.4 is 5.30 Å². The monoisotopic (exact) mass is 413 g/mol. The topological polar surface area (TPSA) is 0 Å². The first-order valence-electron chi connectivity index (χ1n) is 6.27. The molecule has 0 heterocycles. The van der Waals surface area contributed by atoms with Crippen molar-refractivity contribution in [1.29, 1.82) is 0 Å². The molecule has 1 rings (SSSR count). The molecular formula is C15H23ClF2PPd. The number of rotatable bonds is 1. The van der Waals surface area contributed by atoms with E-state index in [1.54, 1.807) is 0 Å². The van der Waals surface area contributed by atoms with Gasteiger partial charge in [0.15, 0.2) is 0 Å². The van der Waals surface area contributed by atoms with Crippen LogP contribution in [0.5, 0.6) is 0 Å². The van der Waals surface area contributed by atoms with E-state index in [0.717, 1.165) is 11.4 Å². The maximum absolute atomic E-state index is 13.3. The number of alkyl halides is 1. The van der Waals surface area contributed by atoms with Crippen molar-refractivity contribution >= 4 is 24.8 Å². The Balaban J connectivity index is 0.00000110. The van der Waals surface area contributed by atoms with Crippen molar-refractivity contribution < 1.29 is 28.0 Å². The van der Waals surface area contributed by atoms with Crippen molar-refractivity contribution in [3.8, 4) is 0 Å². The average Bonchev–Trinajstić information content (AvgIpc) is 2.10. The Bertz CT molecular complexity index is 391.